The third-order valence-corrected chi connectivity index (χ3v) is 4.91. The van der Waals surface area contributed by atoms with Gasteiger partial charge in [-0.3, -0.25) is 4.79 Å². The number of halogens is 1. The fourth-order valence-corrected chi connectivity index (χ4v) is 2.75. The fourth-order valence-electron chi connectivity index (χ4n) is 1.67. The summed E-state index contributed by atoms with van der Waals surface area (Å²) >= 11 is 0. The van der Waals surface area contributed by atoms with Gasteiger partial charge in [0.25, 0.3) is 5.91 Å². The maximum atomic E-state index is 12.7. The summed E-state index contributed by atoms with van der Waals surface area (Å²) in [6, 6.07) is 5.08. The Labute approximate surface area is 125 Å². The van der Waals surface area contributed by atoms with Gasteiger partial charge in [0.05, 0.1) is 5.75 Å². The highest BCUT2D eigenvalue weighted by Gasteiger charge is 2.17. The highest BCUT2D eigenvalue weighted by Crippen LogP contribution is 2.03. The van der Waals surface area contributed by atoms with Crippen LogP contribution in [0.2, 0.25) is 0 Å². The van der Waals surface area contributed by atoms with E-state index in [2.05, 4.69) is 5.32 Å². The predicted octanol–water partition coefficient (Wildman–Crippen LogP) is 1.62. The van der Waals surface area contributed by atoms with Crippen LogP contribution in [0.4, 0.5) is 4.39 Å². The molecule has 0 heterocycles. The highest BCUT2D eigenvalue weighted by atomic mass is 32.2. The zero-order chi connectivity index (χ0) is 15.9. The van der Waals surface area contributed by atoms with Gasteiger partial charge in [-0.25, -0.2) is 17.1 Å². The van der Waals surface area contributed by atoms with E-state index < -0.39 is 21.7 Å². The van der Waals surface area contributed by atoms with Gasteiger partial charge in [0, 0.05) is 25.7 Å². The highest BCUT2D eigenvalue weighted by molar-refractivity contribution is 7.89. The third-order valence-electron chi connectivity index (χ3n) is 3.05. The van der Waals surface area contributed by atoms with Crippen LogP contribution in [0.5, 0.6) is 0 Å². The minimum Gasteiger partial charge on any atom is -0.351 e. The number of hydrogen-bond donors (Lipinski definition) is 1. The first-order chi connectivity index (χ1) is 9.86. The van der Waals surface area contributed by atoms with Crippen LogP contribution in [0.3, 0.4) is 0 Å². The van der Waals surface area contributed by atoms with E-state index in [4.69, 9.17) is 0 Å². The number of nitrogens with zero attached hydrogens (tertiary/aromatic N) is 1. The number of sulfonamides is 1. The molecule has 0 aliphatic rings. The Kier molecular flexibility index (Phi) is 6.77. The Morgan fingerprint density at radius 2 is 1.90 bits per heavy atom. The summed E-state index contributed by atoms with van der Waals surface area (Å²) < 4.78 is 37.9. The van der Waals surface area contributed by atoms with Gasteiger partial charge < -0.3 is 5.32 Å². The van der Waals surface area contributed by atoms with Crippen LogP contribution < -0.4 is 5.32 Å². The van der Waals surface area contributed by atoms with Gasteiger partial charge in [0.1, 0.15) is 5.82 Å². The van der Waals surface area contributed by atoms with Gasteiger partial charge in [-0.15, -0.1) is 0 Å². The molecule has 0 aliphatic heterocycles. The lowest BCUT2D eigenvalue weighted by Crippen LogP contribution is -2.36. The van der Waals surface area contributed by atoms with E-state index >= 15 is 0 Å². The lowest BCUT2D eigenvalue weighted by atomic mass is 10.2. The second-order valence-electron chi connectivity index (χ2n) is 4.75. The molecular weight excluding hydrogens is 295 g/mol. The summed E-state index contributed by atoms with van der Waals surface area (Å²) in [6.45, 7) is 2.49. The first-order valence-electron chi connectivity index (χ1n) is 6.84. The van der Waals surface area contributed by atoms with Gasteiger partial charge in [-0.2, -0.15) is 0 Å². The van der Waals surface area contributed by atoms with Crippen LogP contribution in [0, 0.1) is 5.82 Å². The molecule has 0 aliphatic carbocycles. The predicted molar refractivity (Wildman–Crippen MR) is 80.1 cm³/mol. The largest absolute Gasteiger partial charge is 0.351 e. The molecule has 0 saturated carbocycles. The Balaban J connectivity index is 2.45. The first kappa shape index (κ1) is 17.6. The lowest BCUT2D eigenvalue weighted by molar-refractivity contribution is 0.0956. The van der Waals surface area contributed by atoms with E-state index in [1.165, 1.54) is 35.6 Å². The van der Waals surface area contributed by atoms with Gasteiger partial charge in [0.15, 0.2) is 0 Å². The molecule has 1 aromatic carbocycles. The average molecular weight is 316 g/mol. The van der Waals surface area contributed by atoms with Crippen molar-refractivity contribution in [2.75, 3.05) is 25.9 Å². The molecule has 5 nitrogen and oxygen atoms in total. The standard InChI is InChI=1S/C14H21FN2O3S/c1-3-4-10-17(2)21(19,20)11-9-16-14(18)12-5-7-13(15)8-6-12/h5-8H,3-4,9-11H2,1-2H3,(H,16,18). The van der Waals surface area contributed by atoms with Crippen LogP contribution >= 0.6 is 0 Å². The number of unbranched alkanes of at least 4 members (excludes halogenated alkanes) is 1. The van der Waals surface area contributed by atoms with E-state index in [0.717, 1.165) is 12.8 Å². The molecular formula is C14H21FN2O3S. The van der Waals surface area contributed by atoms with Crippen LogP contribution in [-0.4, -0.2) is 44.5 Å². The van der Waals surface area contributed by atoms with E-state index in [1.807, 2.05) is 6.92 Å². The fraction of sp³-hybridized carbons (Fsp3) is 0.500. The molecule has 0 aromatic heterocycles. The third kappa shape index (κ3) is 5.81. The molecule has 1 rings (SSSR count). The van der Waals surface area contributed by atoms with Crippen LogP contribution in [-0.2, 0) is 10.0 Å². The van der Waals surface area contributed by atoms with Crippen molar-refractivity contribution in [3.05, 3.63) is 35.6 Å². The number of amides is 1. The molecule has 1 aromatic rings. The molecule has 7 heteroatoms. The first-order valence-corrected chi connectivity index (χ1v) is 8.45. The minimum absolute atomic E-state index is 0.0228. The summed E-state index contributed by atoms with van der Waals surface area (Å²) in [5, 5.41) is 2.52. The minimum atomic E-state index is -3.36. The van der Waals surface area contributed by atoms with Crippen molar-refractivity contribution in [2.45, 2.75) is 19.8 Å². The zero-order valence-electron chi connectivity index (χ0n) is 12.3. The smallest absolute Gasteiger partial charge is 0.251 e. The molecule has 0 saturated heterocycles. The van der Waals surface area contributed by atoms with Crippen molar-refractivity contribution < 1.29 is 17.6 Å². The van der Waals surface area contributed by atoms with E-state index in [-0.39, 0.29) is 12.3 Å². The van der Waals surface area contributed by atoms with Crippen LogP contribution in [0.15, 0.2) is 24.3 Å². The average Bonchev–Trinajstić information content (AvgIpc) is 2.45. The van der Waals surface area contributed by atoms with Crippen molar-refractivity contribution in [3.63, 3.8) is 0 Å². The zero-order valence-corrected chi connectivity index (χ0v) is 13.1. The number of nitrogens with one attached hydrogen (secondary N) is 1. The summed E-state index contributed by atoms with van der Waals surface area (Å²) in [5.41, 5.74) is 0.299. The Hall–Kier alpha value is -1.47. The van der Waals surface area contributed by atoms with Gasteiger partial charge in [0.2, 0.25) is 10.0 Å². The van der Waals surface area contributed by atoms with E-state index in [9.17, 15) is 17.6 Å². The molecule has 21 heavy (non-hydrogen) atoms. The molecule has 1 amide bonds. The van der Waals surface area contributed by atoms with E-state index in [0.29, 0.717) is 12.1 Å². The monoisotopic (exact) mass is 316 g/mol. The molecule has 118 valence electrons. The summed E-state index contributed by atoms with van der Waals surface area (Å²) in [5.74, 6) is -0.992. The van der Waals surface area contributed by atoms with Crippen molar-refractivity contribution in [3.8, 4) is 0 Å². The Morgan fingerprint density at radius 1 is 1.29 bits per heavy atom. The SMILES string of the molecule is CCCCN(C)S(=O)(=O)CCNC(=O)c1ccc(F)cc1. The van der Waals surface area contributed by atoms with Crippen LogP contribution in [0.1, 0.15) is 30.1 Å². The number of carbonyl (C=O) groups excluding carboxylic acids is 1. The summed E-state index contributed by atoms with van der Waals surface area (Å²) in [7, 11) is -1.82. The quantitative estimate of drug-likeness (QED) is 0.792. The van der Waals surface area contributed by atoms with Gasteiger partial charge in [-0.05, 0) is 30.7 Å². The van der Waals surface area contributed by atoms with Crippen molar-refractivity contribution in [1.29, 1.82) is 0 Å². The maximum Gasteiger partial charge on any atom is 0.251 e. The van der Waals surface area contributed by atoms with Crippen LogP contribution in [0.25, 0.3) is 0 Å². The normalized spacial score (nSPS) is 11.6. The number of hydrogen-bond acceptors (Lipinski definition) is 3. The maximum absolute atomic E-state index is 12.7. The Morgan fingerprint density at radius 3 is 2.48 bits per heavy atom. The number of carbonyl (C=O) groups is 1. The molecule has 0 atom stereocenters. The van der Waals surface area contributed by atoms with E-state index in [1.54, 1.807) is 0 Å². The van der Waals surface area contributed by atoms with Crippen molar-refractivity contribution in [2.24, 2.45) is 0 Å². The Bertz CT molecular complexity index is 558. The molecule has 0 spiro atoms. The van der Waals surface area contributed by atoms with Crippen molar-refractivity contribution >= 4 is 15.9 Å². The number of benzene rings is 1. The van der Waals surface area contributed by atoms with Gasteiger partial charge in [-0.1, -0.05) is 13.3 Å². The number of rotatable bonds is 8. The molecule has 0 radical (unpaired) electrons. The molecule has 0 bridgehead atoms. The summed E-state index contributed by atoms with van der Waals surface area (Å²) in [4.78, 5) is 11.7. The van der Waals surface area contributed by atoms with Gasteiger partial charge >= 0.3 is 0 Å². The second-order valence-corrected chi connectivity index (χ2v) is 6.95. The molecule has 0 fully saturated rings. The molecule has 1 N–H and O–H groups in total. The summed E-state index contributed by atoms with van der Waals surface area (Å²) in [6.07, 6.45) is 1.72. The lowest BCUT2D eigenvalue weighted by Gasteiger charge is -2.16. The topological polar surface area (TPSA) is 66.5 Å². The van der Waals surface area contributed by atoms with Crippen molar-refractivity contribution in [1.82, 2.24) is 9.62 Å². The molecule has 0 unspecified atom stereocenters. The second kappa shape index (κ2) is 8.09.